The van der Waals surface area contributed by atoms with E-state index in [0.29, 0.717) is 17.4 Å². The molecular formula is C21H26N2O2S. The van der Waals surface area contributed by atoms with E-state index in [1.54, 1.807) is 28.8 Å². The molecule has 26 heavy (non-hydrogen) atoms. The zero-order valence-electron chi connectivity index (χ0n) is 15.0. The third-order valence-electron chi connectivity index (χ3n) is 5.86. The summed E-state index contributed by atoms with van der Waals surface area (Å²) in [5.41, 5.74) is 2.32. The largest absolute Gasteiger partial charge is 0.265 e. The van der Waals surface area contributed by atoms with Gasteiger partial charge < -0.3 is 0 Å². The molecule has 1 atom stereocenters. The van der Waals surface area contributed by atoms with Crippen LogP contribution in [0.15, 0.2) is 53.7 Å². The van der Waals surface area contributed by atoms with Gasteiger partial charge in [-0.2, -0.15) is 4.31 Å². The average molecular weight is 371 g/mol. The van der Waals surface area contributed by atoms with Gasteiger partial charge in [-0.25, -0.2) is 8.42 Å². The standard InChI is InChI=1S/C21H26N2O2S/c24-26(25,23-16-4-7-21(23)19-12-14-22-15-13-19)20-10-8-18(9-11-20)17-5-2-1-3-6-17/h8-15,17,21H,1-7,16H2. The molecular weight excluding hydrogens is 344 g/mol. The van der Waals surface area contributed by atoms with Crippen molar-refractivity contribution in [3.63, 3.8) is 0 Å². The summed E-state index contributed by atoms with van der Waals surface area (Å²) in [5, 5.41) is 0. The van der Waals surface area contributed by atoms with Crippen molar-refractivity contribution in [3.8, 4) is 0 Å². The Morgan fingerprint density at radius 2 is 1.50 bits per heavy atom. The number of pyridine rings is 1. The van der Waals surface area contributed by atoms with Gasteiger partial charge in [0.2, 0.25) is 10.0 Å². The Labute approximate surface area is 156 Å². The summed E-state index contributed by atoms with van der Waals surface area (Å²) < 4.78 is 28.1. The molecule has 0 N–H and O–H groups in total. The van der Waals surface area contributed by atoms with Crippen LogP contribution < -0.4 is 0 Å². The zero-order chi connectivity index (χ0) is 18.0. The van der Waals surface area contributed by atoms with Gasteiger partial charge in [-0.15, -0.1) is 0 Å². The summed E-state index contributed by atoms with van der Waals surface area (Å²) in [6.45, 7) is 0.583. The third kappa shape index (κ3) is 3.42. The van der Waals surface area contributed by atoms with E-state index in [9.17, 15) is 8.42 Å². The molecule has 1 aliphatic heterocycles. The van der Waals surface area contributed by atoms with Gasteiger partial charge in [-0.05, 0) is 67.0 Å². The highest BCUT2D eigenvalue weighted by Gasteiger charge is 2.36. The first-order valence-electron chi connectivity index (χ1n) is 9.68. The van der Waals surface area contributed by atoms with E-state index in [2.05, 4.69) is 4.98 Å². The lowest BCUT2D eigenvalue weighted by molar-refractivity contribution is 0.396. The second-order valence-corrected chi connectivity index (χ2v) is 9.35. The molecule has 5 heteroatoms. The van der Waals surface area contributed by atoms with Crippen molar-refractivity contribution in [2.24, 2.45) is 0 Å². The first kappa shape index (κ1) is 17.7. The fourth-order valence-electron chi connectivity index (χ4n) is 4.43. The second-order valence-electron chi connectivity index (χ2n) is 7.46. The Balaban J connectivity index is 1.57. The first-order valence-corrected chi connectivity index (χ1v) is 11.1. The molecule has 0 bridgehead atoms. The minimum Gasteiger partial charge on any atom is -0.265 e. The normalized spacial score (nSPS) is 22.5. The molecule has 2 aliphatic rings. The summed E-state index contributed by atoms with van der Waals surface area (Å²) in [7, 11) is -3.47. The van der Waals surface area contributed by atoms with Crippen molar-refractivity contribution in [3.05, 3.63) is 59.9 Å². The predicted octanol–water partition coefficient (Wildman–Crippen LogP) is 4.66. The van der Waals surface area contributed by atoms with E-state index in [1.165, 1.54) is 37.7 Å². The Kier molecular flexibility index (Phi) is 5.09. The fraction of sp³-hybridized carbons (Fsp3) is 0.476. The van der Waals surface area contributed by atoms with Gasteiger partial charge in [-0.3, -0.25) is 4.98 Å². The van der Waals surface area contributed by atoms with Gasteiger partial charge in [0, 0.05) is 18.9 Å². The topological polar surface area (TPSA) is 50.3 Å². The van der Waals surface area contributed by atoms with E-state index in [4.69, 9.17) is 0 Å². The van der Waals surface area contributed by atoms with Crippen LogP contribution >= 0.6 is 0 Å². The smallest absolute Gasteiger partial charge is 0.243 e. The second kappa shape index (κ2) is 7.49. The van der Waals surface area contributed by atoms with Crippen LogP contribution in [0.2, 0.25) is 0 Å². The van der Waals surface area contributed by atoms with Crippen LogP contribution in [0.1, 0.15) is 68.0 Å². The minimum absolute atomic E-state index is 0.0824. The summed E-state index contributed by atoms with van der Waals surface area (Å²) in [6, 6.07) is 11.4. The molecule has 1 aromatic carbocycles. The molecule has 2 aromatic rings. The molecule has 1 saturated heterocycles. The number of nitrogens with zero attached hydrogens (tertiary/aromatic N) is 2. The number of benzene rings is 1. The van der Waals surface area contributed by atoms with Gasteiger partial charge in [0.05, 0.1) is 10.9 Å². The van der Waals surface area contributed by atoms with Crippen LogP contribution in [0.4, 0.5) is 0 Å². The van der Waals surface area contributed by atoms with Crippen molar-refractivity contribution < 1.29 is 8.42 Å². The summed E-state index contributed by atoms with van der Waals surface area (Å²) in [5.74, 6) is 0.594. The molecule has 0 radical (unpaired) electrons. The Hall–Kier alpha value is -1.72. The lowest BCUT2D eigenvalue weighted by Gasteiger charge is -2.25. The molecule has 4 nitrogen and oxygen atoms in total. The van der Waals surface area contributed by atoms with E-state index in [1.807, 2.05) is 24.3 Å². The van der Waals surface area contributed by atoms with E-state index in [0.717, 1.165) is 18.4 Å². The number of aromatic nitrogens is 1. The number of hydrogen-bond acceptors (Lipinski definition) is 3. The zero-order valence-corrected chi connectivity index (χ0v) is 15.9. The molecule has 1 saturated carbocycles. The first-order chi connectivity index (χ1) is 12.7. The van der Waals surface area contributed by atoms with Gasteiger partial charge in [0.1, 0.15) is 0 Å². The molecule has 2 fully saturated rings. The summed E-state index contributed by atoms with van der Waals surface area (Å²) >= 11 is 0. The lowest BCUT2D eigenvalue weighted by Crippen LogP contribution is -2.30. The van der Waals surface area contributed by atoms with Gasteiger partial charge in [-0.1, -0.05) is 31.4 Å². The van der Waals surface area contributed by atoms with Crippen LogP contribution in [0.3, 0.4) is 0 Å². The highest BCUT2D eigenvalue weighted by Crippen LogP contribution is 2.37. The van der Waals surface area contributed by atoms with Crippen molar-refractivity contribution in [1.82, 2.24) is 9.29 Å². The quantitative estimate of drug-likeness (QED) is 0.787. The van der Waals surface area contributed by atoms with Crippen LogP contribution in [-0.2, 0) is 10.0 Å². The van der Waals surface area contributed by atoms with Crippen molar-refractivity contribution >= 4 is 10.0 Å². The molecule has 1 aliphatic carbocycles. The van der Waals surface area contributed by atoms with Gasteiger partial charge >= 0.3 is 0 Å². The Bertz CT molecular complexity index is 828. The summed E-state index contributed by atoms with van der Waals surface area (Å²) in [4.78, 5) is 4.46. The number of hydrogen-bond donors (Lipinski definition) is 0. The maximum Gasteiger partial charge on any atom is 0.243 e. The molecule has 4 rings (SSSR count). The molecule has 0 amide bonds. The highest BCUT2D eigenvalue weighted by atomic mass is 32.2. The lowest BCUT2D eigenvalue weighted by atomic mass is 9.84. The number of rotatable bonds is 4. The molecule has 2 heterocycles. The minimum atomic E-state index is -3.47. The Morgan fingerprint density at radius 3 is 2.19 bits per heavy atom. The maximum absolute atomic E-state index is 13.2. The molecule has 1 aromatic heterocycles. The van der Waals surface area contributed by atoms with Crippen molar-refractivity contribution in [2.45, 2.75) is 61.8 Å². The van der Waals surface area contributed by atoms with Crippen LogP contribution in [0.5, 0.6) is 0 Å². The van der Waals surface area contributed by atoms with Crippen molar-refractivity contribution in [2.75, 3.05) is 6.54 Å². The van der Waals surface area contributed by atoms with Gasteiger partial charge in [0.25, 0.3) is 0 Å². The molecule has 0 spiro atoms. The molecule has 138 valence electrons. The Morgan fingerprint density at radius 1 is 0.808 bits per heavy atom. The predicted molar refractivity (Wildman–Crippen MR) is 102 cm³/mol. The summed E-state index contributed by atoms with van der Waals surface area (Å²) in [6.07, 6.45) is 11.6. The molecule has 1 unspecified atom stereocenters. The van der Waals surface area contributed by atoms with Crippen LogP contribution in [0, 0.1) is 0 Å². The fourth-order valence-corrected chi connectivity index (χ4v) is 6.11. The van der Waals surface area contributed by atoms with E-state index >= 15 is 0 Å². The monoisotopic (exact) mass is 370 g/mol. The van der Waals surface area contributed by atoms with E-state index in [-0.39, 0.29) is 6.04 Å². The van der Waals surface area contributed by atoms with Crippen LogP contribution in [0.25, 0.3) is 0 Å². The average Bonchev–Trinajstić information content (AvgIpc) is 3.20. The SMILES string of the molecule is O=S(=O)(c1ccc(C2CCCCC2)cc1)N1CCCC1c1ccncc1. The maximum atomic E-state index is 13.2. The van der Waals surface area contributed by atoms with Crippen LogP contribution in [-0.4, -0.2) is 24.3 Å². The van der Waals surface area contributed by atoms with Crippen molar-refractivity contribution in [1.29, 1.82) is 0 Å². The highest BCUT2D eigenvalue weighted by molar-refractivity contribution is 7.89. The van der Waals surface area contributed by atoms with Gasteiger partial charge in [0.15, 0.2) is 0 Å². The van der Waals surface area contributed by atoms with E-state index < -0.39 is 10.0 Å². The third-order valence-corrected chi connectivity index (χ3v) is 7.78. The number of sulfonamides is 1.